The van der Waals surface area contributed by atoms with Gasteiger partial charge in [-0.2, -0.15) is 5.10 Å². The van der Waals surface area contributed by atoms with Gasteiger partial charge in [-0.05, 0) is 70.4 Å². The van der Waals surface area contributed by atoms with E-state index in [1.807, 2.05) is 13.0 Å². The summed E-state index contributed by atoms with van der Waals surface area (Å²) in [7, 11) is 0. The minimum atomic E-state index is -0.616. The zero-order chi connectivity index (χ0) is 26.0. The van der Waals surface area contributed by atoms with E-state index in [4.69, 9.17) is 15.2 Å². The number of benzene rings is 2. The Hall–Kier alpha value is -4.14. The summed E-state index contributed by atoms with van der Waals surface area (Å²) in [5.74, 6) is -0.496. The summed E-state index contributed by atoms with van der Waals surface area (Å²) in [4.78, 5) is 37.7. The molecule has 188 valence electrons. The van der Waals surface area contributed by atoms with E-state index < -0.39 is 11.6 Å². The van der Waals surface area contributed by atoms with Crippen LogP contribution >= 0.6 is 0 Å². The summed E-state index contributed by atoms with van der Waals surface area (Å²) in [6.45, 7) is 6.92. The fraction of sp³-hybridized carbons (Fsp3) is 0.333. The lowest BCUT2D eigenvalue weighted by atomic mass is 10.1. The second-order valence-corrected chi connectivity index (χ2v) is 9.84. The lowest BCUT2D eigenvalue weighted by molar-refractivity contribution is -0.157. The number of nitrogen functional groups attached to an aromatic ring is 1. The van der Waals surface area contributed by atoms with Crippen molar-refractivity contribution in [2.75, 3.05) is 12.3 Å². The molecule has 0 radical (unpaired) electrons. The van der Waals surface area contributed by atoms with Gasteiger partial charge in [0.25, 0.3) is 5.91 Å². The molecule has 9 heteroatoms. The van der Waals surface area contributed by atoms with Crippen LogP contribution in [0.2, 0.25) is 0 Å². The third kappa shape index (κ3) is 5.91. The van der Waals surface area contributed by atoms with E-state index in [1.54, 1.807) is 51.1 Å². The average Bonchev–Trinajstić information content (AvgIpc) is 3.55. The Morgan fingerprint density at radius 1 is 1.11 bits per heavy atom. The normalized spacial score (nSPS) is 13.2. The first-order valence-corrected chi connectivity index (χ1v) is 11.8. The number of amides is 1. The summed E-state index contributed by atoms with van der Waals surface area (Å²) >= 11 is 0. The molecule has 3 aromatic rings. The van der Waals surface area contributed by atoms with Crippen molar-refractivity contribution in [3.63, 3.8) is 0 Å². The van der Waals surface area contributed by atoms with Gasteiger partial charge in [-0.25, -0.2) is 9.48 Å². The van der Waals surface area contributed by atoms with Gasteiger partial charge in [0.1, 0.15) is 17.2 Å². The van der Waals surface area contributed by atoms with Crippen LogP contribution < -0.4 is 15.8 Å². The smallest absolute Gasteiger partial charge is 0.344 e. The average molecular weight is 491 g/mol. The van der Waals surface area contributed by atoms with Crippen LogP contribution in [-0.2, 0) is 9.53 Å². The van der Waals surface area contributed by atoms with Gasteiger partial charge in [0, 0.05) is 17.2 Å². The van der Waals surface area contributed by atoms with E-state index in [-0.39, 0.29) is 35.7 Å². The summed E-state index contributed by atoms with van der Waals surface area (Å²) in [6, 6.07) is 12.0. The Bertz CT molecular complexity index is 1320. The number of hydrogen-bond donors (Lipinski definition) is 2. The molecule has 0 atom stereocenters. The van der Waals surface area contributed by atoms with Crippen LogP contribution in [-0.4, -0.2) is 45.7 Å². The number of rotatable bonds is 8. The van der Waals surface area contributed by atoms with Crippen LogP contribution in [0.25, 0.3) is 5.69 Å². The van der Waals surface area contributed by atoms with Crippen molar-refractivity contribution < 1.29 is 23.9 Å². The lowest BCUT2D eigenvalue weighted by Gasteiger charge is -2.19. The van der Waals surface area contributed by atoms with E-state index in [1.165, 1.54) is 16.9 Å². The molecule has 0 aliphatic heterocycles. The lowest BCUT2D eigenvalue weighted by Crippen LogP contribution is -2.27. The van der Waals surface area contributed by atoms with Crippen LogP contribution in [0.1, 0.15) is 65.5 Å². The van der Waals surface area contributed by atoms with E-state index in [0.717, 1.165) is 18.4 Å². The maximum absolute atomic E-state index is 13.2. The quantitative estimate of drug-likeness (QED) is 0.365. The molecule has 4 rings (SSSR count). The molecule has 0 spiro atoms. The number of ketones is 1. The highest BCUT2D eigenvalue weighted by Crippen LogP contribution is 2.25. The number of esters is 1. The second-order valence-electron chi connectivity index (χ2n) is 9.84. The molecule has 1 aromatic heterocycles. The molecule has 3 N–H and O–H groups in total. The van der Waals surface area contributed by atoms with Crippen molar-refractivity contribution >= 4 is 23.5 Å². The molecule has 0 bridgehead atoms. The SMILES string of the molecule is Cc1ccc(C(=O)NC2CC2)cc1-n1ncc(C(=O)c2cccc(OCC(=O)OC(C)(C)C)c2)c1N. The number of carbonyl (C=O) groups excluding carboxylic acids is 3. The largest absolute Gasteiger partial charge is 0.482 e. The molecule has 1 aliphatic carbocycles. The molecule has 0 unspecified atom stereocenters. The molecule has 1 fully saturated rings. The number of aromatic nitrogens is 2. The summed E-state index contributed by atoms with van der Waals surface area (Å²) in [5, 5.41) is 7.30. The van der Waals surface area contributed by atoms with Gasteiger partial charge in [0.2, 0.25) is 0 Å². The molecular formula is C27H30N4O5. The minimum Gasteiger partial charge on any atom is -0.482 e. The van der Waals surface area contributed by atoms with Gasteiger partial charge in [0.05, 0.1) is 17.4 Å². The van der Waals surface area contributed by atoms with Crippen molar-refractivity contribution in [1.82, 2.24) is 15.1 Å². The standard InChI is InChI=1S/C27H30N4O5/c1-16-8-9-18(26(34)30-19-10-11-19)13-22(16)31-25(28)21(14-29-31)24(33)17-6-5-7-20(12-17)35-15-23(32)36-27(2,3)4/h5-9,12-14,19H,10-11,15,28H2,1-4H3,(H,30,34). The molecule has 1 aliphatic rings. The maximum Gasteiger partial charge on any atom is 0.344 e. The molecule has 9 nitrogen and oxygen atoms in total. The van der Waals surface area contributed by atoms with Crippen molar-refractivity contribution in [2.24, 2.45) is 0 Å². The highest BCUT2D eigenvalue weighted by atomic mass is 16.6. The van der Waals surface area contributed by atoms with Gasteiger partial charge >= 0.3 is 5.97 Å². The number of nitrogens with one attached hydrogen (secondary N) is 1. The molecule has 36 heavy (non-hydrogen) atoms. The summed E-state index contributed by atoms with van der Waals surface area (Å²) in [5.41, 5.74) is 8.24. The molecule has 2 aromatic carbocycles. The highest BCUT2D eigenvalue weighted by molar-refractivity contribution is 6.12. The number of nitrogens with two attached hydrogens (primary N) is 1. The second kappa shape index (κ2) is 9.85. The van der Waals surface area contributed by atoms with Crippen molar-refractivity contribution in [1.29, 1.82) is 0 Å². The van der Waals surface area contributed by atoms with E-state index >= 15 is 0 Å². The Kier molecular flexibility index (Phi) is 6.83. The molecule has 0 saturated heterocycles. The zero-order valence-corrected chi connectivity index (χ0v) is 20.8. The van der Waals surface area contributed by atoms with Gasteiger partial charge in [-0.15, -0.1) is 0 Å². The molecule has 1 amide bonds. The third-order valence-electron chi connectivity index (χ3n) is 5.54. The van der Waals surface area contributed by atoms with Gasteiger partial charge in [-0.1, -0.05) is 18.2 Å². The fourth-order valence-electron chi connectivity index (χ4n) is 3.60. The first-order valence-electron chi connectivity index (χ1n) is 11.8. The number of ether oxygens (including phenoxy) is 2. The minimum absolute atomic E-state index is 0.149. The van der Waals surface area contributed by atoms with Crippen LogP contribution in [0.5, 0.6) is 5.75 Å². The number of hydrogen-bond acceptors (Lipinski definition) is 7. The van der Waals surface area contributed by atoms with Crippen molar-refractivity contribution in [2.45, 2.75) is 52.2 Å². The van der Waals surface area contributed by atoms with Crippen LogP contribution in [0.3, 0.4) is 0 Å². The first kappa shape index (κ1) is 25.0. The Balaban J connectivity index is 1.52. The number of aryl methyl sites for hydroxylation is 1. The maximum atomic E-state index is 13.2. The Labute approximate surface area is 209 Å². The predicted molar refractivity (Wildman–Crippen MR) is 134 cm³/mol. The summed E-state index contributed by atoms with van der Waals surface area (Å²) < 4.78 is 12.2. The van der Waals surface area contributed by atoms with E-state index in [0.29, 0.717) is 22.6 Å². The zero-order valence-electron chi connectivity index (χ0n) is 20.8. The van der Waals surface area contributed by atoms with Crippen LogP contribution in [0.4, 0.5) is 5.82 Å². The van der Waals surface area contributed by atoms with Crippen molar-refractivity contribution in [3.8, 4) is 11.4 Å². The number of carbonyl (C=O) groups is 3. The Morgan fingerprint density at radius 2 is 1.86 bits per heavy atom. The topological polar surface area (TPSA) is 126 Å². The predicted octanol–water partition coefficient (Wildman–Crippen LogP) is 3.61. The van der Waals surface area contributed by atoms with Gasteiger partial charge < -0.3 is 20.5 Å². The first-order chi connectivity index (χ1) is 17.0. The van der Waals surface area contributed by atoms with Crippen LogP contribution in [0, 0.1) is 6.92 Å². The number of nitrogens with zero attached hydrogens (tertiary/aromatic N) is 2. The Morgan fingerprint density at radius 3 is 2.56 bits per heavy atom. The fourth-order valence-corrected chi connectivity index (χ4v) is 3.60. The highest BCUT2D eigenvalue weighted by Gasteiger charge is 2.25. The van der Waals surface area contributed by atoms with Crippen LogP contribution in [0.15, 0.2) is 48.7 Å². The van der Waals surface area contributed by atoms with E-state index in [2.05, 4.69) is 10.4 Å². The van der Waals surface area contributed by atoms with E-state index in [9.17, 15) is 14.4 Å². The molecule has 1 heterocycles. The molecular weight excluding hydrogens is 460 g/mol. The van der Waals surface area contributed by atoms with Gasteiger partial charge in [-0.3, -0.25) is 9.59 Å². The monoisotopic (exact) mass is 490 g/mol. The van der Waals surface area contributed by atoms with Crippen molar-refractivity contribution in [3.05, 3.63) is 70.9 Å². The number of anilines is 1. The summed E-state index contributed by atoms with van der Waals surface area (Å²) in [6.07, 6.45) is 3.40. The third-order valence-corrected chi connectivity index (χ3v) is 5.54. The molecule has 1 saturated carbocycles. The van der Waals surface area contributed by atoms with Gasteiger partial charge in [0.15, 0.2) is 12.4 Å².